The molecule has 0 saturated heterocycles. The second-order valence-corrected chi connectivity index (χ2v) is 6.99. The van der Waals surface area contributed by atoms with Crippen LogP contribution in [0.15, 0.2) is 42.1 Å². The van der Waals surface area contributed by atoms with Gasteiger partial charge in [0.25, 0.3) is 0 Å². The number of anilines is 1. The molecule has 0 radical (unpaired) electrons. The average Bonchev–Trinajstić information content (AvgIpc) is 2.62. The van der Waals surface area contributed by atoms with Gasteiger partial charge in [-0.25, -0.2) is 0 Å². The highest BCUT2D eigenvalue weighted by Gasteiger charge is 2.07. The van der Waals surface area contributed by atoms with E-state index >= 15 is 0 Å². The predicted molar refractivity (Wildman–Crippen MR) is 88.3 cm³/mol. The molecule has 0 aliphatic carbocycles. The molecule has 0 bridgehead atoms. The summed E-state index contributed by atoms with van der Waals surface area (Å²) in [6.07, 6.45) is 0. The van der Waals surface area contributed by atoms with Gasteiger partial charge in [-0.1, -0.05) is 15.9 Å². The molecule has 0 spiro atoms. The maximum Gasteiger partial charge on any atom is 0.164 e. The van der Waals surface area contributed by atoms with E-state index in [9.17, 15) is 0 Å². The van der Waals surface area contributed by atoms with Crippen molar-refractivity contribution >= 4 is 76.1 Å². The van der Waals surface area contributed by atoms with Gasteiger partial charge in [-0.05, 0) is 78.7 Å². The molecule has 1 N–H and O–H groups in total. The van der Waals surface area contributed by atoms with E-state index in [0.717, 1.165) is 28.6 Å². The minimum absolute atomic E-state index is 0.655. The molecule has 2 rings (SSSR count). The van der Waals surface area contributed by atoms with Crippen LogP contribution in [-0.4, -0.2) is 0 Å². The van der Waals surface area contributed by atoms with Crippen LogP contribution in [-0.2, 0) is 6.54 Å². The van der Waals surface area contributed by atoms with Crippen molar-refractivity contribution in [3.05, 3.63) is 47.2 Å². The number of benzene rings is 1. The van der Waals surface area contributed by atoms with Gasteiger partial charge in [0.15, 0.2) is 3.77 Å². The molecule has 0 aliphatic heterocycles. The Labute approximate surface area is 138 Å². The molecule has 17 heavy (non-hydrogen) atoms. The van der Waals surface area contributed by atoms with Crippen LogP contribution < -0.4 is 5.32 Å². The summed E-state index contributed by atoms with van der Waals surface area (Å²) in [5, 5.41) is 3.33. The first kappa shape index (κ1) is 13.9. The number of rotatable bonds is 3. The molecular formula is C11H7Br3INO. The summed E-state index contributed by atoms with van der Waals surface area (Å²) >= 11 is 12.6. The van der Waals surface area contributed by atoms with E-state index in [1.165, 1.54) is 0 Å². The molecule has 0 aliphatic rings. The maximum atomic E-state index is 5.49. The van der Waals surface area contributed by atoms with Gasteiger partial charge in [0.1, 0.15) is 5.76 Å². The van der Waals surface area contributed by atoms with Gasteiger partial charge < -0.3 is 9.73 Å². The van der Waals surface area contributed by atoms with Gasteiger partial charge in [-0.15, -0.1) is 0 Å². The lowest BCUT2D eigenvalue weighted by molar-refractivity contribution is 0.493. The topological polar surface area (TPSA) is 25.2 Å². The van der Waals surface area contributed by atoms with Gasteiger partial charge in [-0.3, -0.25) is 0 Å². The number of nitrogens with one attached hydrogen (secondary N) is 1. The van der Waals surface area contributed by atoms with E-state index in [0.29, 0.717) is 6.54 Å². The SMILES string of the molecule is Brc1cc(Br)c(NCc2ccc(I)o2)c(Br)c1. The molecule has 1 aromatic carbocycles. The second-order valence-electron chi connectivity index (χ2n) is 3.30. The molecule has 0 fully saturated rings. The van der Waals surface area contributed by atoms with Crippen molar-refractivity contribution in [3.63, 3.8) is 0 Å². The number of furan rings is 1. The molecule has 0 unspecified atom stereocenters. The fourth-order valence-corrected chi connectivity index (χ4v) is 4.34. The molecule has 0 saturated carbocycles. The number of hydrogen-bond acceptors (Lipinski definition) is 2. The van der Waals surface area contributed by atoms with Crippen LogP contribution in [0.2, 0.25) is 0 Å². The first-order valence-corrected chi connectivity index (χ1v) is 8.14. The maximum absolute atomic E-state index is 5.49. The third-order valence-electron chi connectivity index (χ3n) is 2.08. The highest BCUT2D eigenvalue weighted by Crippen LogP contribution is 2.34. The Bertz CT molecular complexity index is 518. The van der Waals surface area contributed by atoms with Crippen LogP contribution in [0.4, 0.5) is 5.69 Å². The van der Waals surface area contributed by atoms with E-state index in [1.807, 2.05) is 24.3 Å². The van der Waals surface area contributed by atoms with Crippen LogP contribution in [0.1, 0.15) is 5.76 Å². The Morgan fingerprint density at radius 1 is 1.12 bits per heavy atom. The summed E-state index contributed by atoms with van der Waals surface area (Å²) < 4.78 is 9.41. The van der Waals surface area contributed by atoms with Crippen LogP contribution in [0, 0.1) is 3.77 Å². The Balaban J connectivity index is 2.14. The lowest BCUT2D eigenvalue weighted by Crippen LogP contribution is -1.99. The molecular weight excluding hydrogens is 529 g/mol. The Morgan fingerprint density at radius 2 is 1.76 bits per heavy atom. The van der Waals surface area contributed by atoms with Crippen LogP contribution in [0.3, 0.4) is 0 Å². The molecule has 2 aromatic rings. The minimum atomic E-state index is 0.655. The molecule has 90 valence electrons. The van der Waals surface area contributed by atoms with Crippen molar-refractivity contribution in [2.45, 2.75) is 6.54 Å². The summed E-state index contributed by atoms with van der Waals surface area (Å²) in [7, 11) is 0. The average molecular weight is 536 g/mol. The van der Waals surface area contributed by atoms with E-state index in [-0.39, 0.29) is 0 Å². The first-order chi connectivity index (χ1) is 8.06. The van der Waals surface area contributed by atoms with E-state index in [2.05, 4.69) is 75.7 Å². The summed E-state index contributed by atoms with van der Waals surface area (Å²) in [4.78, 5) is 0. The fourth-order valence-electron chi connectivity index (χ4n) is 1.33. The van der Waals surface area contributed by atoms with E-state index < -0.39 is 0 Å². The lowest BCUT2D eigenvalue weighted by Gasteiger charge is -2.10. The zero-order valence-corrected chi connectivity index (χ0v) is 15.4. The molecule has 0 atom stereocenters. The van der Waals surface area contributed by atoms with Gasteiger partial charge in [0.2, 0.25) is 0 Å². The van der Waals surface area contributed by atoms with Crippen LogP contribution in [0.5, 0.6) is 0 Å². The smallest absolute Gasteiger partial charge is 0.164 e. The predicted octanol–water partition coefficient (Wildman–Crippen LogP) is 5.78. The monoisotopic (exact) mass is 533 g/mol. The zero-order valence-electron chi connectivity index (χ0n) is 8.44. The molecule has 1 aromatic heterocycles. The van der Waals surface area contributed by atoms with Crippen LogP contribution >= 0.6 is 70.4 Å². The highest BCUT2D eigenvalue weighted by atomic mass is 127. The second kappa shape index (κ2) is 6.08. The van der Waals surface area contributed by atoms with Gasteiger partial charge >= 0.3 is 0 Å². The molecule has 0 amide bonds. The highest BCUT2D eigenvalue weighted by molar-refractivity contribution is 14.1. The standard InChI is InChI=1S/C11H7Br3INO/c12-6-3-8(13)11(9(14)4-6)16-5-7-1-2-10(15)17-7/h1-4,16H,5H2. The summed E-state index contributed by atoms with van der Waals surface area (Å²) in [6, 6.07) is 7.91. The summed E-state index contributed by atoms with van der Waals surface area (Å²) in [5.41, 5.74) is 1.01. The number of halogens is 4. The quantitative estimate of drug-likeness (QED) is 0.504. The zero-order chi connectivity index (χ0) is 12.4. The van der Waals surface area contributed by atoms with Crippen molar-refractivity contribution in [3.8, 4) is 0 Å². The van der Waals surface area contributed by atoms with Gasteiger partial charge in [0.05, 0.1) is 12.2 Å². The van der Waals surface area contributed by atoms with Crippen molar-refractivity contribution in [1.82, 2.24) is 0 Å². The van der Waals surface area contributed by atoms with Crippen molar-refractivity contribution in [1.29, 1.82) is 0 Å². The van der Waals surface area contributed by atoms with E-state index in [4.69, 9.17) is 4.42 Å². The normalized spacial score (nSPS) is 10.6. The third kappa shape index (κ3) is 3.71. The Kier molecular flexibility index (Phi) is 4.96. The molecule has 2 nitrogen and oxygen atoms in total. The van der Waals surface area contributed by atoms with E-state index in [1.54, 1.807) is 0 Å². The fraction of sp³-hybridized carbons (Fsp3) is 0.0909. The van der Waals surface area contributed by atoms with Gasteiger partial charge in [-0.2, -0.15) is 0 Å². The summed E-state index contributed by atoms with van der Waals surface area (Å²) in [6.45, 7) is 0.655. The van der Waals surface area contributed by atoms with Crippen molar-refractivity contribution in [2.24, 2.45) is 0 Å². The Hall–Kier alpha value is 0.470. The third-order valence-corrected chi connectivity index (χ3v) is 4.36. The van der Waals surface area contributed by atoms with Crippen LogP contribution in [0.25, 0.3) is 0 Å². The Morgan fingerprint density at radius 3 is 2.29 bits per heavy atom. The first-order valence-electron chi connectivity index (χ1n) is 4.69. The lowest BCUT2D eigenvalue weighted by atomic mass is 10.3. The summed E-state index contributed by atoms with van der Waals surface area (Å²) in [5.74, 6) is 0.913. The van der Waals surface area contributed by atoms with Gasteiger partial charge in [0, 0.05) is 13.4 Å². The minimum Gasteiger partial charge on any atom is -0.454 e. The molecule has 6 heteroatoms. The number of hydrogen-bond donors (Lipinski definition) is 1. The van der Waals surface area contributed by atoms with Crippen molar-refractivity contribution < 1.29 is 4.42 Å². The van der Waals surface area contributed by atoms with Crippen molar-refractivity contribution in [2.75, 3.05) is 5.32 Å². The largest absolute Gasteiger partial charge is 0.454 e. The molecule has 1 heterocycles.